The van der Waals surface area contributed by atoms with E-state index in [1.54, 1.807) is 27.7 Å². The van der Waals surface area contributed by atoms with E-state index < -0.39 is 51.3 Å². The number of anilines is 1. The average Bonchev–Trinajstić information content (AvgIpc) is 2.85. The van der Waals surface area contributed by atoms with E-state index >= 15 is 0 Å². The van der Waals surface area contributed by atoms with Crippen LogP contribution < -0.4 is 10.4 Å². The zero-order valence-corrected chi connectivity index (χ0v) is 14.0. The third-order valence-electron chi connectivity index (χ3n) is 4.47. The lowest BCUT2D eigenvalue weighted by Gasteiger charge is -2.34. The van der Waals surface area contributed by atoms with E-state index in [2.05, 4.69) is 0 Å². The number of rotatable bonds is 2. The first kappa shape index (κ1) is 8.22. The van der Waals surface area contributed by atoms with Gasteiger partial charge in [-0.3, -0.25) is 0 Å². The van der Waals surface area contributed by atoms with E-state index in [0.29, 0.717) is 0 Å². The predicted molar refractivity (Wildman–Crippen MR) is 96.6 cm³/mol. The largest absolute Gasteiger partial charge is 0.496 e. The molecule has 2 aliphatic heterocycles. The van der Waals surface area contributed by atoms with Crippen LogP contribution in [0.2, 0.25) is 0 Å². The van der Waals surface area contributed by atoms with Crippen LogP contribution in [0.5, 0.6) is 0 Å². The van der Waals surface area contributed by atoms with Crippen molar-refractivity contribution in [3.05, 3.63) is 23.8 Å². The molecule has 0 radical (unpaired) electrons. The third kappa shape index (κ3) is 3.04. The zero-order chi connectivity index (χ0) is 27.2. The summed E-state index contributed by atoms with van der Waals surface area (Å²) in [4.78, 5) is -0.152. The number of nitriles is 1. The second-order valence-corrected chi connectivity index (χ2v) is 6.59. The number of hydrogen-bond donors (Lipinski definition) is 0. The fourth-order valence-electron chi connectivity index (χ4n) is 2.34. The van der Waals surface area contributed by atoms with Crippen molar-refractivity contribution in [3.63, 3.8) is 0 Å². The Morgan fingerprint density at radius 3 is 2.33 bits per heavy atom. The van der Waals surface area contributed by atoms with E-state index in [9.17, 15) is 5.26 Å². The molecule has 0 atom stereocenters. The predicted octanol–water partition coefficient (Wildman–Crippen LogP) is 1.61. The van der Waals surface area contributed by atoms with Gasteiger partial charge in [-0.05, 0) is 52.9 Å². The summed E-state index contributed by atoms with van der Waals surface area (Å²) in [6, 6.07) is 5.51. The smallest absolute Gasteiger partial charge is 0.399 e. The molecule has 0 bridgehead atoms. The molecule has 0 aliphatic carbocycles. The molecule has 0 unspecified atom stereocenters. The van der Waals surface area contributed by atoms with Gasteiger partial charge in [0, 0.05) is 46.7 Å². The van der Waals surface area contributed by atoms with Crippen LogP contribution in [-0.4, -0.2) is 56.2 Å². The molecule has 6 heteroatoms. The van der Waals surface area contributed by atoms with Gasteiger partial charge in [-0.2, -0.15) is 5.26 Å². The van der Waals surface area contributed by atoms with Crippen LogP contribution in [0.25, 0.3) is 0 Å². The van der Waals surface area contributed by atoms with Crippen LogP contribution >= 0.6 is 0 Å². The van der Waals surface area contributed by atoms with Crippen molar-refractivity contribution in [2.45, 2.75) is 38.9 Å². The average molecular weight is 338 g/mol. The van der Waals surface area contributed by atoms with Gasteiger partial charge in [-0.25, -0.2) is 0 Å². The Hall–Kier alpha value is -1.55. The van der Waals surface area contributed by atoms with Crippen LogP contribution in [0.3, 0.4) is 0 Å². The highest BCUT2D eigenvalue weighted by molar-refractivity contribution is 6.63. The van der Waals surface area contributed by atoms with Gasteiger partial charge in [-0.15, -0.1) is 0 Å². The summed E-state index contributed by atoms with van der Waals surface area (Å²) < 4.78 is 102. The fourth-order valence-corrected chi connectivity index (χ4v) is 2.34. The minimum atomic E-state index is -3.51. The van der Waals surface area contributed by atoms with Crippen molar-refractivity contribution >= 4 is 18.3 Å². The molecule has 0 saturated carbocycles. The summed E-state index contributed by atoms with van der Waals surface area (Å²) in [5.74, 6) is 0. The van der Waals surface area contributed by atoms with Gasteiger partial charge in [0.2, 0.25) is 0 Å². The summed E-state index contributed by atoms with van der Waals surface area (Å²) in [6.07, 6.45) is 0. The van der Waals surface area contributed by atoms with Gasteiger partial charge in [-0.1, -0.05) is 0 Å². The second-order valence-electron chi connectivity index (χ2n) is 6.59. The third-order valence-corrected chi connectivity index (χ3v) is 4.47. The highest BCUT2D eigenvalue weighted by Gasteiger charge is 2.52. The Labute approximate surface area is 160 Å². The second kappa shape index (κ2) is 6.07. The van der Waals surface area contributed by atoms with Crippen molar-refractivity contribution in [3.8, 4) is 6.07 Å². The summed E-state index contributed by atoms with van der Waals surface area (Å²) in [6.45, 7) is -10.2. The number of likely N-dealkylation sites (N-methyl/N-ethyl adjacent to an activating group) is 1. The van der Waals surface area contributed by atoms with Crippen molar-refractivity contribution in [2.75, 3.05) is 37.9 Å². The molecule has 0 spiro atoms. The maximum atomic E-state index is 9.62. The number of piperazine rings is 1. The quantitative estimate of drug-likeness (QED) is 0.767. The van der Waals surface area contributed by atoms with Gasteiger partial charge in [0.1, 0.15) is 0 Å². The van der Waals surface area contributed by atoms with Crippen LogP contribution in [0, 0.1) is 11.3 Å². The molecule has 128 valence electrons. The van der Waals surface area contributed by atoms with Gasteiger partial charge in [0.15, 0.2) is 0 Å². The monoisotopic (exact) mass is 338 g/mol. The maximum Gasteiger partial charge on any atom is 0.496 e. The minimum Gasteiger partial charge on any atom is -0.399 e. The van der Waals surface area contributed by atoms with Gasteiger partial charge >= 0.3 is 7.12 Å². The molecule has 0 N–H and O–H groups in total. The molecule has 2 heterocycles. The Bertz CT molecular complexity index is 1020. The number of hydrogen-bond acceptors (Lipinski definition) is 5. The molecule has 3 rings (SSSR count). The minimum absolute atomic E-state index is 0.0699. The van der Waals surface area contributed by atoms with E-state index in [4.69, 9.17) is 24.4 Å². The van der Waals surface area contributed by atoms with Crippen LogP contribution in [0.4, 0.5) is 5.69 Å². The molecular formula is C18H26BN3O2. The molecule has 2 saturated heterocycles. The molecule has 1 aromatic rings. The first-order chi connectivity index (χ1) is 15.5. The van der Waals surface area contributed by atoms with Crippen molar-refractivity contribution in [1.82, 2.24) is 4.90 Å². The molecule has 1 aromatic carbocycles. The Kier molecular flexibility index (Phi) is 2.08. The summed E-state index contributed by atoms with van der Waals surface area (Å²) >= 11 is 0. The normalized spacial score (nSPS) is 39.0. The van der Waals surface area contributed by atoms with Gasteiger partial charge < -0.3 is 19.1 Å². The standard InChI is InChI=1S/C18H26BN3O2/c1-17(2)18(3,4)24-19(23-17)16-12-15(7-6-14(16)13-20)22-10-8-21(5)9-11-22/h6-7,12H,8-11H2,1-5H3/i5D3,8D2,9D2,10D2,11D2. The van der Waals surface area contributed by atoms with E-state index in [-0.39, 0.29) is 26.5 Å². The lowest BCUT2D eigenvalue weighted by atomic mass is 9.76. The summed E-state index contributed by atoms with van der Waals surface area (Å²) in [5, 5.41) is 9.62. The summed E-state index contributed by atoms with van der Waals surface area (Å²) in [5.41, 5.74) is -1.76. The Balaban J connectivity index is 2.23. The van der Waals surface area contributed by atoms with E-state index in [1.165, 1.54) is 12.1 Å². The molecule has 2 fully saturated rings. The first-order valence-electron chi connectivity index (χ1n) is 13.0. The lowest BCUT2D eigenvalue weighted by Crippen LogP contribution is -2.45. The van der Waals surface area contributed by atoms with Crippen LogP contribution in [0.15, 0.2) is 18.2 Å². The number of benzene rings is 1. The lowest BCUT2D eigenvalue weighted by molar-refractivity contribution is 0.00578. The molecule has 5 nitrogen and oxygen atoms in total. The highest BCUT2D eigenvalue weighted by atomic mass is 16.7. The number of nitrogens with zero attached hydrogens (tertiary/aromatic N) is 3. The van der Waals surface area contributed by atoms with E-state index in [0.717, 1.165) is 6.07 Å². The topological polar surface area (TPSA) is 48.7 Å². The van der Waals surface area contributed by atoms with Gasteiger partial charge in [0.25, 0.3) is 0 Å². The molecule has 0 amide bonds. The molecule has 0 aromatic heterocycles. The Morgan fingerprint density at radius 2 is 1.79 bits per heavy atom. The van der Waals surface area contributed by atoms with Crippen molar-refractivity contribution < 1.29 is 24.4 Å². The van der Waals surface area contributed by atoms with Gasteiger partial charge in [0.05, 0.1) is 28.3 Å². The SMILES string of the molecule is [2H]C([2H])([2H])N1C([2H])([2H])C([2H])([2H])N(c2ccc(C#N)c(B3OC(C)(C)C(C)(C)O3)c2)C([2H])([2H])C1([2H])[2H]. The summed E-state index contributed by atoms with van der Waals surface area (Å²) in [7, 11) is -1.11. The zero-order valence-electron chi connectivity index (χ0n) is 25.0. The van der Waals surface area contributed by atoms with E-state index in [1.807, 2.05) is 6.07 Å². The van der Waals surface area contributed by atoms with Crippen LogP contribution in [0.1, 0.15) is 48.3 Å². The van der Waals surface area contributed by atoms with Crippen molar-refractivity contribution in [1.29, 1.82) is 5.26 Å². The maximum absolute atomic E-state index is 9.62. The van der Waals surface area contributed by atoms with Crippen molar-refractivity contribution in [2.24, 2.45) is 0 Å². The fraction of sp³-hybridized carbons (Fsp3) is 0.611. The Morgan fingerprint density at radius 1 is 1.17 bits per heavy atom. The molecular weight excluding hydrogens is 301 g/mol. The van der Waals surface area contributed by atoms with Crippen LogP contribution in [-0.2, 0) is 9.31 Å². The molecule has 24 heavy (non-hydrogen) atoms. The first-order valence-corrected chi connectivity index (χ1v) is 7.47. The highest BCUT2D eigenvalue weighted by Crippen LogP contribution is 2.37. The molecule has 2 aliphatic rings.